The van der Waals surface area contributed by atoms with Crippen molar-refractivity contribution >= 4 is 11.7 Å². The maximum atomic E-state index is 13.0. The van der Waals surface area contributed by atoms with Crippen LogP contribution >= 0.6 is 0 Å². The molecule has 0 saturated heterocycles. The summed E-state index contributed by atoms with van der Waals surface area (Å²) < 4.78 is 23.9. The number of anilines is 1. The number of rotatable bonds is 9. The summed E-state index contributed by atoms with van der Waals surface area (Å²) in [6.45, 7) is 1.59. The lowest BCUT2D eigenvalue weighted by Crippen LogP contribution is -2.36. The largest absolute Gasteiger partial charge is 0.489 e. The number of aromatic nitrogens is 1. The number of carbonyl (C=O) groups excluding carboxylic acids is 1. The van der Waals surface area contributed by atoms with Gasteiger partial charge in [-0.05, 0) is 41.5 Å². The van der Waals surface area contributed by atoms with Crippen molar-refractivity contribution in [3.8, 4) is 5.75 Å². The van der Waals surface area contributed by atoms with Crippen LogP contribution < -0.4 is 10.1 Å². The van der Waals surface area contributed by atoms with Crippen molar-refractivity contribution in [1.29, 1.82) is 0 Å². The highest BCUT2D eigenvalue weighted by Gasteiger charge is 2.14. The summed E-state index contributed by atoms with van der Waals surface area (Å²) in [6, 6.07) is 16.8. The van der Waals surface area contributed by atoms with Crippen LogP contribution in [0.15, 0.2) is 73.1 Å². The van der Waals surface area contributed by atoms with E-state index in [1.807, 2.05) is 12.1 Å². The molecule has 0 fully saturated rings. The van der Waals surface area contributed by atoms with Crippen molar-refractivity contribution in [2.45, 2.75) is 13.2 Å². The number of urea groups is 1. The van der Waals surface area contributed by atoms with Gasteiger partial charge in [-0.1, -0.05) is 24.3 Å². The second kappa shape index (κ2) is 10.9. The van der Waals surface area contributed by atoms with Gasteiger partial charge in [0, 0.05) is 44.3 Å². The van der Waals surface area contributed by atoms with E-state index in [9.17, 15) is 9.18 Å². The Morgan fingerprint density at radius 2 is 1.93 bits per heavy atom. The molecular formula is C23H24FN3O3. The van der Waals surface area contributed by atoms with Crippen LogP contribution in [0.1, 0.15) is 11.1 Å². The fraction of sp³-hybridized carbons (Fsp3) is 0.217. The van der Waals surface area contributed by atoms with E-state index < -0.39 is 0 Å². The first-order valence-electron chi connectivity index (χ1n) is 9.55. The molecule has 0 radical (unpaired) electrons. The van der Waals surface area contributed by atoms with E-state index in [4.69, 9.17) is 9.47 Å². The molecule has 0 bridgehead atoms. The molecule has 0 spiro atoms. The van der Waals surface area contributed by atoms with Gasteiger partial charge in [-0.25, -0.2) is 9.18 Å². The van der Waals surface area contributed by atoms with Crippen molar-refractivity contribution in [3.05, 3.63) is 90.0 Å². The summed E-state index contributed by atoms with van der Waals surface area (Å²) >= 11 is 0. The minimum absolute atomic E-state index is 0.244. The van der Waals surface area contributed by atoms with E-state index in [0.29, 0.717) is 37.7 Å². The second-order valence-electron chi connectivity index (χ2n) is 6.65. The molecule has 0 atom stereocenters. The number of carbonyl (C=O) groups is 1. The van der Waals surface area contributed by atoms with Gasteiger partial charge >= 0.3 is 6.03 Å². The van der Waals surface area contributed by atoms with Gasteiger partial charge in [0.15, 0.2) is 0 Å². The summed E-state index contributed by atoms with van der Waals surface area (Å²) in [5.74, 6) is 0.320. The molecule has 0 aliphatic carbocycles. The fourth-order valence-corrected chi connectivity index (χ4v) is 2.78. The zero-order chi connectivity index (χ0) is 21.2. The monoisotopic (exact) mass is 409 g/mol. The van der Waals surface area contributed by atoms with Crippen molar-refractivity contribution in [2.75, 3.05) is 25.6 Å². The zero-order valence-electron chi connectivity index (χ0n) is 16.8. The summed E-state index contributed by atoms with van der Waals surface area (Å²) in [6.07, 6.45) is 3.43. The van der Waals surface area contributed by atoms with Crippen LogP contribution in [-0.2, 0) is 17.9 Å². The Bertz CT molecular complexity index is 936. The number of methoxy groups -OCH3 is 1. The smallest absolute Gasteiger partial charge is 0.322 e. The molecule has 0 saturated carbocycles. The van der Waals surface area contributed by atoms with Gasteiger partial charge in [0.05, 0.1) is 6.61 Å². The van der Waals surface area contributed by atoms with Crippen LogP contribution in [0.5, 0.6) is 5.75 Å². The standard InChI is InChI=1S/C23H24FN3O3/c1-29-13-12-27(16-19-4-3-11-25-15-19)23(28)26-21-5-2-6-22(14-21)30-17-18-7-9-20(24)10-8-18/h2-11,14-15H,12-13,16-17H2,1H3,(H,26,28). The lowest BCUT2D eigenvalue weighted by Gasteiger charge is -2.23. The highest BCUT2D eigenvalue weighted by Crippen LogP contribution is 2.19. The van der Waals surface area contributed by atoms with Gasteiger partial charge in [-0.15, -0.1) is 0 Å². The average Bonchev–Trinajstić information content (AvgIpc) is 2.77. The lowest BCUT2D eigenvalue weighted by atomic mass is 10.2. The molecule has 0 aliphatic heterocycles. The Kier molecular flexibility index (Phi) is 7.74. The number of halogens is 1. The van der Waals surface area contributed by atoms with E-state index >= 15 is 0 Å². The van der Waals surface area contributed by atoms with Crippen molar-refractivity contribution in [2.24, 2.45) is 0 Å². The van der Waals surface area contributed by atoms with Crippen LogP contribution in [0.25, 0.3) is 0 Å². The van der Waals surface area contributed by atoms with E-state index in [-0.39, 0.29) is 11.8 Å². The van der Waals surface area contributed by atoms with Crippen molar-refractivity contribution in [3.63, 3.8) is 0 Å². The molecule has 1 N–H and O–H groups in total. The van der Waals surface area contributed by atoms with Crippen molar-refractivity contribution in [1.82, 2.24) is 9.88 Å². The number of ether oxygens (including phenoxy) is 2. The number of amides is 2. The molecule has 3 rings (SSSR count). The highest BCUT2D eigenvalue weighted by molar-refractivity contribution is 5.89. The van der Waals surface area contributed by atoms with E-state index in [2.05, 4.69) is 10.3 Å². The number of nitrogens with one attached hydrogen (secondary N) is 1. The Labute approximate surface area is 175 Å². The van der Waals surface area contributed by atoms with E-state index in [0.717, 1.165) is 11.1 Å². The fourth-order valence-electron chi connectivity index (χ4n) is 2.78. The Morgan fingerprint density at radius 1 is 1.10 bits per heavy atom. The SMILES string of the molecule is COCCN(Cc1cccnc1)C(=O)Nc1cccc(OCc2ccc(F)cc2)c1. The molecule has 1 heterocycles. The second-order valence-corrected chi connectivity index (χ2v) is 6.65. The predicted octanol–water partition coefficient (Wildman–Crippen LogP) is 4.48. The molecule has 7 heteroatoms. The minimum Gasteiger partial charge on any atom is -0.489 e. The first-order valence-corrected chi connectivity index (χ1v) is 9.55. The van der Waals surface area contributed by atoms with Gasteiger partial charge in [0.1, 0.15) is 18.2 Å². The van der Waals surface area contributed by atoms with Gasteiger partial charge in [-0.3, -0.25) is 4.98 Å². The highest BCUT2D eigenvalue weighted by atomic mass is 19.1. The Morgan fingerprint density at radius 3 is 2.67 bits per heavy atom. The molecular weight excluding hydrogens is 385 g/mol. The normalized spacial score (nSPS) is 10.5. The van der Waals surface area contributed by atoms with Crippen LogP contribution in [0.2, 0.25) is 0 Å². The number of pyridine rings is 1. The molecule has 2 amide bonds. The molecule has 0 aliphatic rings. The number of hydrogen-bond acceptors (Lipinski definition) is 4. The van der Waals surface area contributed by atoms with E-state index in [1.54, 1.807) is 60.8 Å². The molecule has 2 aromatic carbocycles. The van der Waals surface area contributed by atoms with Crippen LogP contribution in [0.4, 0.5) is 14.9 Å². The summed E-state index contributed by atoms with van der Waals surface area (Å²) in [5.41, 5.74) is 2.40. The van der Waals surface area contributed by atoms with Crippen LogP contribution in [0.3, 0.4) is 0 Å². The van der Waals surface area contributed by atoms with Gasteiger partial charge in [-0.2, -0.15) is 0 Å². The molecule has 0 unspecified atom stereocenters. The average molecular weight is 409 g/mol. The van der Waals surface area contributed by atoms with Crippen molar-refractivity contribution < 1.29 is 18.7 Å². The first-order chi connectivity index (χ1) is 14.6. The summed E-state index contributed by atoms with van der Waals surface area (Å²) in [4.78, 5) is 18.6. The van der Waals surface area contributed by atoms with Gasteiger partial charge in [0.2, 0.25) is 0 Å². The number of nitrogens with zero attached hydrogens (tertiary/aromatic N) is 2. The van der Waals surface area contributed by atoms with E-state index in [1.165, 1.54) is 12.1 Å². The number of benzene rings is 2. The summed E-state index contributed by atoms with van der Waals surface area (Å²) in [5, 5.41) is 2.90. The van der Waals surface area contributed by atoms with Gasteiger partial charge < -0.3 is 19.7 Å². The third-order valence-corrected chi connectivity index (χ3v) is 4.35. The minimum atomic E-state index is -0.284. The summed E-state index contributed by atoms with van der Waals surface area (Å²) in [7, 11) is 1.60. The maximum Gasteiger partial charge on any atom is 0.322 e. The first kappa shape index (κ1) is 21.3. The molecule has 3 aromatic rings. The Balaban J connectivity index is 1.62. The predicted molar refractivity (Wildman–Crippen MR) is 113 cm³/mol. The Hall–Kier alpha value is -3.45. The maximum absolute atomic E-state index is 13.0. The zero-order valence-corrected chi connectivity index (χ0v) is 16.8. The third kappa shape index (κ3) is 6.56. The molecule has 1 aromatic heterocycles. The third-order valence-electron chi connectivity index (χ3n) is 4.35. The van der Waals surface area contributed by atoms with Crippen LogP contribution in [-0.4, -0.2) is 36.2 Å². The molecule has 156 valence electrons. The van der Waals surface area contributed by atoms with Crippen LogP contribution in [0, 0.1) is 5.82 Å². The molecule has 6 nitrogen and oxygen atoms in total. The topological polar surface area (TPSA) is 63.7 Å². The number of hydrogen-bond donors (Lipinski definition) is 1. The lowest BCUT2D eigenvalue weighted by molar-refractivity contribution is 0.153. The quantitative estimate of drug-likeness (QED) is 0.566. The van der Waals surface area contributed by atoms with Gasteiger partial charge in [0.25, 0.3) is 0 Å². The molecule has 30 heavy (non-hydrogen) atoms.